The molecule has 2 heterocycles. The summed E-state index contributed by atoms with van der Waals surface area (Å²) in [4.78, 5) is 27.5. The second-order valence-electron chi connectivity index (χ2n) is 7.00. The predicted molar refractivity (Wildman–Crippen MR) is 121 cm³/mol. The minimum atomic E-state index is -0.736. The molecule has 0 spiro atoms. The zero-order chi connectivity index (χ0) is 21.1. The number of aryl methyl sites for hydroxylation is 1. The number of rotatable bonds is 6. The molecule has 1 N–H and O–H groups in total. The lowest BCUT2D eigenvalue weighted by atomic mass is 10.1. The highest BCUT2D eigenvalue weighted by molar-refractivity contribution is 7.21. The highest BCUT2D eigenvalue weighted by atomic mass is 32.1. The maximum atomic E-state index is 13.1. The molecule has 30 heavy (non-hydrogen) atoms. The van der Waals surface area contributed by atoms with Crippen molar-refractivity contribution < 1.29 is 4.79 Å². The van der Waals surface area contributed by atoms with E-state index in [1.54, 1.807) is 0 Å². The Morgan fingerprint density at radius 1 is 1.10 bits per heavy atom. The molecule has 0 aliphatic carbocycles. The van der Waals surface area contributed by atoms with Gasteiger partial charge in [-0.1, -0.05) is 61.5 Å². The van der Waals surface area contributed by atoms with Crippen molar-refractivity contribution in [3.63, 3.8) is 0 Å². The van der Waals surface area contributed by atoms with Crippen molar-refractivity contribution in [3.05, 3.63) is 76.6 Å². The van der Waals surface area contributed by atoms with Gasteiger partial charge in [-0.15, -0.1) is 16.4 Å². The SMILES string of the molecule is CCc1ccc(NC(=O)C(CC)n2nnc3sc(-c4ccccc4)cc3c2=O)cc1. The number of aromatic nitrogens is 3. The molecule has 4 rings (SSSR count). The highest BCUT2D eigenvalue weighted by Crippen LogP contribution is 2.30. The summed E-state index contributed by atoms with van der Waals surface area (Å²) in [5, 5.41) is 11.7. The van der Waals surface area contributed by atoms with Gasteiger partial charge in [0, 0.05) is 10.6 Å². The van der Waals surface area contributed by atoms with Crippen LogP contribution in [0, 0.1) is 0 Å². The molecule has 152 valence electrons. The number of anilines is 1. The van der Waals surface area contributed by atoms with Crippen molar-refractivity contribution >= 4 is 33.1 Å². The molecule has 0 fully saturated rings. The van der Waals surface area contributed by atoms with Gasteiger partial charge in [0.2, 0.25) is 5.91 Å². The summed E-state index contributed by atoms with van der Waals surface area (Å²) < 4.78 is 1.19. The largest absolute Gasteiger partial charge is 0.324 e. The van der Waals surface area contributed by atoms with Crippen molar-refractivity contribution in [3.8, 4) is 10.4 Å². The van der Waals surface area contributed by atoms with Crippen LogP contribution >= 0.6 is 11.3 Å². The van der Waals surface area contributed by atoms with Crippen LogP contribution < -0.4 is 10.9 Å². The van der Waals surface area contributed by atoms with E-state index in [4.69, 9.17) is 0 Å². The van der Waals surface area contributed by atoms with Crippen LogP contribution in [0.25, 0.3) is 20.7 Å². The van der Waals surface area contributed by atoms with Gasteiger partial charge in [0.05, 0.1) is 5.39 Å². The average Bonchev–Trinajstić information content (AvgIpc) is 3.22. The van der Waals surface area contributed by atoms with Gasteiger partial charge in [0.25, 0.3) is 5.56 Å². The minimum absolute atomic E-state index is 0.281. The Balaban J connectivity index is 1.65. The molecule has 1 amide bonds. The fourth-order valence-electron chi connectivity index (χ4n) is 3.33. The van der Waals surface area contributed by atoms with E-state index in [9.17, 15) is 9.59 Å². The van der Waals surface area contributed by atoms with E-state index in [0.717, 1.165) is 16.9 Å². The van der Waals surface area contributed by atoms with Gasteiger partial charge in [0.15, 0.2) is 4.83 Å². The molecule has 1 atom stereocenters. The fraction of sp³-hybridized carbons (Fsp3) is 0.217. The highest BCUT2D eigenvalue weighted by Gasteiger charge is 2.23. The topological polar surface area (TPSA) is 76.9 Å². The lowest BCUT2D eigenvalue weighted by molar-refractivity contribution is -0.119. The van der Waals surface area contributed by atoms with Crippen LogP contribution in [0.4, 0.5) is 5.69 Å². The number of nitrogens with zero attached hydrogens (tertiary/aromatic N) is 3. The Kier molecular flexibility index (Phi) is 5.72. The number of thiophene rings is 1. The van der Waals surface area contributed by atoms with Crippen LogP contribution in [0.5, 0.6) is 0 Å². The number of hydrogen-bond acceptors (Lipinski definition) is 5. The van der Waals surface area contributed by atoms with Crippen LogP contribution in [-0.2, 0) is 11.2 Å². The third-order valence-corrected chi connectivity index (χ3v) is 6.12. The summed E-state index contributed by atoms with van der Waals surface area (Å²) in [6, 6.07) is 18.6. The van der Waals surface area contributed by atoms with Crippen LogP contribution in [-0.4, -0.2) is 20.9 Å². The van der Waals surface area contributed by atoms with Gasteiger partial charge in [-0.25, -0.2) is 0 Å². The molecule has 7 heteroatoms. The van der Waals surface area contributed by atoms with E-state index in [2.05, 4.69) is 22.6 Å². The molecule has 1 unspecified atom stereocenters. The Morgan fingerprint density at radius 3 is 2.50 bits per heavy atom. The molecule has 0 radical (unpaired) electrons. The number of carbonyl (C=O) groups excluding carboxylic acids is 1. The molecular formula is C23H22N4O2S. The Hall–Kier alpha value is -3.32. The molecule has 0 aliphatic rings. The Labute approximate surface area is 178 Å². The summed E-state index contributed by atoms with van der Waals surface area (Å²) in [6.07, 6.45) is 1.36. The number of hydrogen-bond donors (Lipinski definition) is 1. The average molecular weight is 419 g/mol. The van der Waals surface area contributed by atoms with Crippen molar-refractivity contribution in [2.75, 3.05) is 5.32 Å². The maximum Gasteiger partial charge on any atom is 0.279 e. The summed E-state index contributed by atoms with van der Waals surface area (Å²) in [6.45, 7) is 3.93. The summed E-state index contributed by atoms with van der Waals surface area (Å²) in [5.41, 5.74) is 2.60. The second-order valence-corrected chi connectivity index (χ2v) is 8.03. The first-order chi connectivity index (χ1) is 14.6. The van der Waals surface area contributed by atoms with Gasteiger partial charge in [0.1, 0.15) is 6.04 Å². The molecule has 6 nitrogen and oxygen atoms in total. The van der Waals surface area contributed by atoms with Gasteiger partial charge in [-0.3, -0.25) is 9.59 Å². The second kappa shape index (κ2) is 8.59. The normalized spacial score (nSPS) is 12.1. The van der Waals surface area contributed by atoms with Crippen LogP contribution in [0.1, 0.15) is 31.9 Å². The number of benzene rings is 2. The molecular weight excluding hydrogens is 396 g/mol. The van der Waals surface area contributed by atoms with Gasteiger partial charge in [-0.05, 0) is 42.2 Å². The third-order valence-electron chi connectivity index (χ3n) is 5.06. The van der Waals surface area contributed by atoms with Gasteiger partial charge >= 0.3 is 0 Å². The first kappa shape index (κ1) is 20.0. The van der Waals surface area contributed by atoms with Crippen LogP contribution in [0.3, 0.4) is 0 Å². The van der Waals surface area contributed by atoms with Crippen LogP contribution in [0.2, 0.25) is 0 Å². The smallest absolute Gasteiger partial charge is 0.279 e. The molecule has 0 saturated heterocycles. The molecule has 0 bridgehead atoms. The van der Waals surface area contributed by atoms with E-state index < -0.39 is 6.04 Å². The number of amides is 1. The van der Waals surface area contributed by atoms with Crippen LogP contribution in [0.15, 0.2) is 65.5 Å². The van der Waals surface area contributed by atoms with E-state index in [-0.39, 0.29) is 11.5 Å². The molecule has 0 saturated carbocycles. The van der Waals surface area contributed by atoms with E-state index in [1.165, 1.54) is 21.6 Å². The van der Waals surface area contributed by atoms with E-state index in [1.807, 2.05) is 67.6 Å². The Morgan fingerprint density at radius 2 is 1.83 bits per heavy atom. The van der Waals surface area contributed by atoms with Crippen molar-refractivity contribution in [2.24, 2.45) is 0 Å². The number of carbonyl (C=O) groups is 1. The Bertz CT molecular complexity index is 1230. The summed E-state index contributed by atoms with van der Waals surface area (Å²) in [5.74, 6) is -0.281. The molecule has 2 aromatic heterocycles. The van der Waals surface area contributed by atoms with E-state index in [0.29, 0.717) is 22.3 Å². The fourth-order valence-corrected chi connectivity index (χ4v) is 4.30. The maximum absolute atomic E-state index is 13.1. The zero-order valence-electron chi connectivity index (χ0n) is 16.8. The van der Waals surface area contributed by atoms with Gasteiger partial charge < -0.3 is 5.32 Å². The van der Waals surface area contributed by atoms with Crippen molar-refractivity contribution in [2.45, 2.75) is 32.7 Å². The first-order valence-electron chi connectivity index (χ1n) is 9.95. The minimum Gasteiger partial charge on any atom is -0.324 e. The van der Waals surface area contributed by atoms with Crippen molar-refractivity contribution in [1.82, 2.24) is 15.0 Å². The third kappa shape index (κ3) is 3.89. The molecule has 4 aromatic rings. The zero-order valence-corrected chi connectivity index (χ0v) is 17.6. The van der Waals surface area contributed by atoms with E-state index >= 15 is 0 Å². The predicted octanol–water partition coefficient (Wildman–Crippen LogP) is 4.67. The van der Waals surface area contributed by atoms with Gasteiger partial charge in [-0.2, -0.15) is 4.68 Å². The summed E-state index contributed by atoms with van der Waals surface area (Å²) >= 11 is 1.42. The molecule has 0 aliphatic heterocycles. The lowest BCUT2D eigenvalue weighted by Gasteiger charge is -2.16. The quantitative estimate of drug-likeness (QED) is 0.494. The first-order valence-corrected chi connectivity index (χ1v) is 10.8. The number of fused-ring (bicyclic) bond motifs is 1. The summed E-state index contributed by atoms with van der Waals surface area (Å²) in [7, 11) is 0. The van der Waals surface area contributed by atoms with Crippen molar-refractivity contribution in [1.29, 1.82) is 0 Å². The lowest BCUT2D eigenvalue weighted by Crippen LogP contribution is -2.35. The number of nitrogens with one attached hydrogen (secondary N) is 1. The standard InChI is InChI=1S/C23H22N4O2S/c1-3-15-10-12-17(13-11-15)24-21(28)19(4-2)27-23(29)18-14-20(30-22(18)25-26-27)16-8-6-5-7-9-16/h5-14,19H,3-4H2,1-2H3,(H,24,28). The molecule has 2 aromatic carbocycles. The monoisotopic (exact) mass is 418 g/mol.